The Bertz CT molecular complexity index is 407. The second-order valence-electron chi connectivity index (χ2n) is 2.64. The standard InChI is InChI=1S/C11H10ClNO2/c1-2-15-11(14)5-3-4-10-8-9(12)6-7-13-10/h6-8H,2,5H2,1H3. The van der Waals surface area contributed by atoms with Crippen LogP contribution in [0.5, 0.6) is 0 Å². The third-order valence-electron chi connectivity index (χ3n) is 1.48. The van der Waals surface area contributed by atoms with Crippen LogP contribution in [-0.2, 0) is 9.53 Å². The zero-order chi connectivity index (χ0) is 11.1. The Labute approximate surface area is 93.4 Å². The van der Waals surface area contributed by atoms with E-state index in [1.165, 1.54) is 0 Å². The Morgan fingerprint density at radius 3 is 3.13 bits per heavy atom. The average Bonchev–Trinajstić information content (AvgIpc) is 2.18. The molecule has 0 saturated carbocycles. The third kappa shape index (κ3) is 4.48. The monoisotopic (exact) mass is 223 g/mol. The molecule has 15 heavy (non-hydrogen) atoms. The topological polar surface area (TPSA) is 39.2 Å². The molecule has 0 unspecified atom stereocenters. The van der Waals surface area contributed by atoms with Gasteiger partial charge in [-0.15, -0.1) is 0 Å². The van der Waals surface area contributed by atoms with Crippen LogP contribution in [0.4, 0.5) is 0 Å². The highest BCUT2D eigenvalue weighted by Crippen LogP contribution is 2.06. The Morgan fingerprint density at radius 1 is 1.67 bits per heavy atom. The van der Waals surface area contributed by atoms with Crippen molar-refractivity contribution in [3.05, 3.63) is 29.0 Å². The van der Waals surface area contributed by atoms with Crippen molar-refractivity contribution in [3.63, 3.8) is 0 Å². The molecule has 0 aliphatic carbocycles. The summed E-state index contributed by atoms with van der Waals surface area (Å²) in [7, 11) is 0. The van der Waals surface area contributed by atoms with Crippen molar-refractivity contribution >= 4 is 17.6 Å². The van der Waals surface area contributed by atoms with Gasteiger partial charge in [-0.2, -0.15) is 0 Å². The summed E-state index contributed by atoms with van der Waals surface area (Å²) in [5.74, 6) is 5.07. The van der Waals surface area contributed by atoms with E-state index in [9.17, 15) is 4.79 Å². The lowest BCUT2D eigenvalue weighted by Crippen LogP contribution is -2.01. The Kier molecular flexibility index (Phi) is 4.65. The lowest BCUT2D eigenvalue weighted by atomic mass is 10.3. The average molecular weight is 224 g/mol. The molecule has 1 aromatic heterocycles. The molecule has 0 amide bonds. The molecule has 0 radical (unpaired) electrons. The number of halogens is 1. The van der Waals surface area contributed by atoms with Gasteiger partial charge in [-0.3, -0.25) is 4.79 Å². The first-order chi connectivity index (χ1) is 7.22. The van der Waals surface area contributed by atoms with Gasteiger partial charge in [0.25, 0.3) is 0 Å². The van der Waals surface area contributed by atoms with Crippen LogP contribution in [0.2, 0.25) is 5.02 Å². The number of nitrogens with zero attached hydrogens (tertiary/aromatic N) is 1. The van der Waals surface area contributed by atoms with E-state index in [4.69, 9.17) is 16.3 Å². The highest BCUT2D eigenvalue weighted by Gasteiger charge is 1.96. The van der Waals surface area contributed by atoms with Crippen molar-refractivity contribution in [2.45, 2.75) is 13.3 Å². The van der Waals surface area contributed by atoms with E-state index < -0.39 is 0 Å². The minimum Gasteiger partial charge on any atom is -0.465 e. The molecule has 0 bridgehead atoms. The van der Waals surface area contributed by atoms with Crippen molar-refractivity contribution in [3.8, 4) is 11.8 Å². The second-order valence-corrected chi connectivity index (χ2v) is 3.08. The SMILES string of the molecule is CCOC(=O)CC#Cc1cc(Cl)ccn1. The molecule has 0 aliphatic rings. The van der Waals surface area contributed by atoms with Crippen LogP contribution in [0.25, 0.3) is 0 Å². The van der Waals surface area contributed by atoms with Crippen molar-refractivity contribution in [2.75, 3.05) is 6.61 Å². The van der Waals surface area contributed by atoms with Gasteiger partial charge in [0.05, 0.1) is 6.61 Å². The van der Waals surface area contributed by atoms with Gasteiger partial charge < -0.3 is 4.74 Å². The van der Waals surface area contributed by atoms with Gasteiger partial charge >= 0.3 is 5.97 Å². The fourth-order valence-electron chi connectivity index (χ4n) is 0.892. The van der Waals surface area contributed by atoms with E-state index >= 15 is 0 Å². The number of carbonyl (C=O) groups excluding carboxylic acids is 1. The molecule has 0 aliphatic heterocycles. The van der Waals surface area contributed by atoms with Crippen molar-refractivity contribution in [2.24, 2.45) is 0 Å². The van der Waals surface area contributed by atoms with Crippen molar-refractivity contribution < 1.29 is 9.53 Å². The van der Waals surface area contributed by atoms with Gasteiger partial charge in [0.15, 0.2) is 0 Å². The first kappa shape index (κ1) is 11.5. The molecule has 0 N–H and O–H groups in total. The maximum absolute atomic E-state index is 10.9. The predicted octanol–water partition coefficient (Wildman–Crippen LogP) is 2.04. The zero-order valence-corrected chi connectivity index (χ0v) is 9.04. The van der Waals surface area contributed by atoms with E-state index in [1.807, 2.05) is 0 Å². The summed E-state index contributed by atoms with van der Waals surface area (Å²) in [4.78, 5) is 14.9. The van der Waals surface area contributed by atoms with E-state index in [0.29, 0.717) is 17.3 Å². The van der Waals surface area contributed by atoms with Crippen molar-refractivity contribution in [1.29, 1.82) is 0 Å². The van der Waals surface area contributed by atoms with Gasteiger partial charge in [0, 0.05) is 11.2 Å². The number of rotatable bonds is 2. The molecule has 4 heteroatoms. The lowest BCUT2D eigenvalue weighted by Gasteiger charge is -1.94. The van der Waals surface area contributed by atoms with Crippen LogP contribution in [0.15, 0.2) is 18.3 Å². The molecule has 0 saturated heterocycles. The molecule has 0 aromatic carbocycles. The summed E-state index contributed by atoms with van der Waals surface area (Å²) < 4.78 is 4.72. The second kappa shape index (κ2) is 6.05. The smallest absolute Gasteiger partial charge is 0.317 e. The Balaban J connectivity index is 2.55. The molecule has 1 aromatic rings. The minimum atomic E-state index is -0.327. The molecule has 0 spiro atoms. The van der Waals surface area contributed by atoms with Crippen LogP contribution in [0.1, 0.15) is 19.0 Å². The van der Waals surface area contributed by atoms with Gasteiger partial charge in [-0.05, 0) is 25.0 Å². The summed E-state index contributed by atoms with van der Waals surface area (Å²) >= 11 is 5.74. The van der Waals surface area contributed by atoms with Gasteiger partial charge in [0.2, 0.25) is 0 Å². The van der Waals surface area contributed by atoms with Gasteiger partial charge in [-0.1, -0.05) is 17.5 Å². The van der Waals surface area contributed by atoms with Crippen LogP contribution >= 0.6 is 11.6 Å². The number of pyridine rings is 1. The van der Waals surface area contributed by atoms with E-state index in [1.54, 1.807) is 25.3 Å². The summed E-state index contributed by atoms with van der Waals surface area (Å²) in [6, 6.07) is 3.30. The highest BCUT2D eigenvalue weighted by molar-refractivity contribution is 6.30. The lowest BCUT2D eigenvalue weighted by molar-refractivity contribution is -0.141. The predicted molar refractivity (Wildman–Crippen MR) is 57.4 cm³/mol. The molecule has 0 atom stereocenters. The summed E-state index contributed by atoms with van der Waals surface area (Å²) in [5.41, 5.74) is 0.548. The summed E-state index contributed by atoms with van der Waals surface area (Å²) in [6.07, 6.45) is 1.64. The van der Waals surface area contributed by atoms with E-state index in [2.05, 4.69) is 16.8 Å². The van der Waals surface area contributed by atoms with E-state index in [0.717, 1.165) is 0 Å². The highest BCUT2D eigenvalue weighted by atomic mass is 35.5. The van der Waals surface area contributed by atoms with Crippen LogP contribution in [-0.4, -0.2) is 17.6 Å². The maximum Gasteiger partial charge on any atom is 0.317 e. The van der Waals surface area contributed by atoms with Crippen molar-refractivity contribution in [1.82, 2.24) is 4.98 Å². The van der Waals surface area contributed by atoms with Gasteiger partial charge in [0.1, 0.15) is 12.1 Å². The Morgan fingerprint density at radius 2 is 2.47 bits per heavy atom. The van der Waals surface area contributed by atoms with Gasteiger partial charge in [-0.25, -0.2) is 4.98 Å². The number of carbonyl (C=O) groups is 1. The molecular weight excluding hydrogens is 214 g/mol. The number of esters is 1. The molecule has 78 valence electrons. The Hall–Kier alpha value is -1.53. The number of aromatic nitrogens is 1. The number of hydrogen-bond acceptors (Lipinski definition) is 3. The molecule has 1 rings (SSSR count). The van der Waals surface area contributed by atoms with Crippen LogP contribution < -0.4 is 0 Å². The number of ether oxygens (including phenoxy) is 1. The van der Waals surface area contributed by atoms with Crippen LogP contribution in [0, 0.1) is 11.8 Å². The van der Waals surface area contributed by atoms with E-state index in [-0.39, 0.29) is 12.4 Å². The number of hydrogen-bond donors (Lipinski definition) is 0. The molecule has 1 heterocycles. The quantitative estimate of drug-likeness (QED) is 0.569. The van der Waals surface area contributed by atoms with Crippen LogP contribution in [0.3, 0.4) is 0 Å². The molecule has 3 nitrogen and oxygen atoms in total. The fourth-order valence-corrected chi connectivity index (χ4v) is 1.05. The first-order valence-corrected chi connectivity index (χ1v) is 4.86. The largest absolute Gasteiger partial charge is 0.465 e. The zero-order valence-electron chi connectivity index (χ0n) is 8.29. The first-order valence-electron chi connectivity index (χ1n) is 4.48. The fraction of sp³-hybridized carbons (Fsp3) is 0.273. The summed E-state index contributed by atoms with van der Waals surface area (Å²) in [6.45, 7) is 2.12. The summed E-state index contributed by atoms with van der Waals surface area (Å²) in [5, 5.41) is 0.574. The molecule has 0 fully saturated rings. The maximum atomic E-state index is 10.9. The third-order valence-corrected chi connectivity index (χ3v) is 1.71. The normalized spacial score (nSPS) is 8.93. The minimum absolute atomic E-state index is 0.0715. The molecular formula is C11H10ClNO2.